The van der Waals surface area contributed by atoms with Gasteiger partial charge in [0.2, 0.25) is 0 Å². The molecule has 2 amide bonds. The molecule has 4 unspecified atom stereocenters. The van der Waals surface area contributed by atoms with Gasteiger partial charge >= 0.3 is 0 Å². The quantitative estimate of drug-likeness (QED) is 0.137. The minimum Gasteiger partial charge on any atom is -0.384 e. The Morgan fingerprint density at radius 3 is 1.15 bits per heavy atom. The summed E-state index contributed by atoms with van der Waals surface area (Å²) in [7, 11) is 1.33. The zero-order valence-electron chi connectivity index (χ0n) is 31.4. The van der Waals surface area contributed by atoms with Crippen molar-refractivity contribution in [1.82, 2.24) is 10.6 Å². The third-order valence-electron chi connectivity index (χ3n) is 10.6. The Kier molecular flexibility index (Phi) is 16.6. The number of nitrogens with one attached hydrogen (secondary N) is 2. The Bertz CT molecular complexity index is 1020. The second-order valence-corrected chi connectivity index (χ2v) is 14.6. The molecular weight excluding hydrogens is 628 g/mol. The van der Waals surface area contributed by atoms with Crippen molar-refractivity contribution in [3.05, 3.63) is 0 Å². The van der Waals surface area contributed by atoms with Gasteiger partial charge in [0, 0.05) is 13.6 Å². The van der Waals surface area contributed by atoms with Crippen molar-refractivity contribution < 1.29 is 59.9 Å². The van der Waals surface area contributed by atoms with Crippen molar-refractivity contribution >= 4 is 11.8 Å². The van der Waals surface area contributed by atoms with E-state index >= 15 is 0 Å². The summed E-state index contributed by atoms with van der Waals surface area (Å²) in [5, 5.41) is 87.8. The smallest absolute Gasteiger partial charge is 0.252 e. The molecule has 10 N–H and O–H groups in total. The fourth-order valence-electron chi connectivity index (χ4n) is 5.60. The molecule has 14 nitrogen and oxygen atoms in total. The van der Waals surface area contributed by atoms with Gasteiger partial charge in [0.25, 0.3) is 11.8 Å². The molecule has 0 aromatic rings. The molecule has 0 saturated carbocycles. The minimum absolute atomic E-state index is 0.412. The van der Waals surface area contributed by atoms with Gasteiger partial charge < -0.3 is 61.0 Å². The molecule has 2 heterocycles. The molecule has 2 saturated heterocycles. The number of amides is 2. The molecule has 10 atom stereocenters. The number of ether oxygens (including phenoxy) is 2. The predicted octanol–water partition coefficient (Wildman–Crippen LogP) is 1.11. The number of unbranched alkanes of at least 4 members (excludes halogenated alkanes) is 7. The van der Waals surface area contributed by atoms with Crippen LogP contribution in [0.2, 0.25) is 0 Å². The van der Waals surface area contributed by atoms with Crippen molar-refractivity contribution in [3.8, 4) is 0 Å². The normalized spacial score (nSPS) is 42.4. The number of likely N-dealkylation sites (N-methyl/N-ethyl adjacent to an activating group) is 1. The lowest BCUT2D eigenvalue weighted by Gasteiger charge is -2.59. The minimum atomic E-state index is -2.21. The van der Waals surface area contributed by atoms with Gasteiger partial charge in [-0.25, -0.2) is 0 Å². The fourth-order valence-corrected chi connectivity index (χ4v) is 5.60. The van der Waals surface area contributed by atoms with Crippen LogP contribution in [0, 0.1) is 0 Å². The largest absolute Gasteiger partial charge is 0.384 e. The Hall–Kier alpha value is -1.46. The molecule has 2 fully saturated rings. The van der Waals surface area contributed by atoms with E-state index in [1.807, 2.05) is 0 Å². The van der Waals surface area contributed by atoms with Gasteiger partial charge in [0.15, 0.2) is 23.8 Å². The summed E-state index contributed by atoms with van der Waals surface area (Å²) in [4.78, 5) is 24.0. The molecule has 0 spiro atoms. The van der Waals surface area contributed by atoms with E-state index in [4.69, 9.17) is 9.47 Å². The van der Waals surface area contributed by atoms with Crippen LogP contribution in [-0.2, 0) is 19.1 Å². The highest BCUT2D eigenvalue weighted by molar-refractivity contribution is 5.83. The summed E-state index contributed by atoms with van der Waals surface area (Å²) in [6.45, 7) is 16.2. The van der Waals surface area contributed by atoms with E-state index in [0.717, 1.165) is 67.2 Å². The highest BCUT2D eigenvalue weighted by atomic mass is 16.7. The molecule has 0 bridgehead atoms. The van der Waals surface area contributed by atoms with Crippen molar-refractivity contribution in [1.29, 1.82) is 0 Å². The fraction of sp³-hybridized carbons (Fsp3) is 0.941. The number of hydrogen-bond acceptors (Lipinski definition) is 12. The summed E-state index contributed by atoms with van der Waals surface area (Å²) in [5.41, 5.74) is -12.9. The molecule has 286 valence electrons. The van der Waals surface area contributed by atoms with E-state index < -0.39 is 69.2 Å². The van der Waals surface area contributed by atoms with Crippen LogP contribution in [0.1, 0.15) is 134 Å². The highest BCUT2D eigenvalue weighted by Gasteiger charge is 2.72. The van der Waals surface area contributed by atoms with Crippen LogP contribution in [0.4, 0.5) is 0 Å². The van der Waals surface area contributed by atoms with Crippen LogP contribution >= 0.6 is 0 Å². The van der Waals surface area contributed by atoms with Crippen molar-refractivity contribution in [2.24, 2.45) is 0 Å². The van der Waals surface area contributed by atoms with Crippen LogP contribution in [0.25, 0.3) is 0 Å². The van der Waals surface area contributed by atoms with E-state index in [2.05, 4.69) is 31.4 Å². The molecule has 2 aliphatic heterocycles. The zero-order valence-corrected chi connectivity index (χ0v) is 31.4. The number of hydrogen-bond donors (Lipinski definition) is 10. The van der Waals surface area contributed by atoms with E-state index in [9.17, 15) is 50.4 Å². The topological polar surface area (TPSA) is 238 Å². The average Bonchev–Trinajstić information content (AvgIpc) is 2.97. The number of rotatable bonds is 11. The maximum atomic E-state index is 12.3. The second kappa shape index (κ2) is 17.2. The van der Waals surface area contributed by atoms with Crippen LogP contribution in [0.5, 0.6) is 0 Å². The summed E-state index contributed by atoms with van der Waals surface area (Å²) >= 11 is 0. The Balaban J connectivity index is 0.000000783. The number of aliphatic hydroxyl groups is 8. The maximum Gasteiger partial charge on any atom is 0.252 e. The zero-order chi connectivity index (χ0) is 38.2. The third-order valence-corrected chi connectivity index (χ3v) is 10.6. The molecule has 2 rings (SSSR count). The third kappa shape index (κ3) is 9.25. The van der Waals surface area contributed by atoms with Crippen molar-refractivity contribution in [2.45, 2.75) is 191 Å². The van der Waals surface area contributed by atoms with Crippen LogP contribution < -0.4 is 10.6 Å². The van der Waals surface area contributed by atoms with Gasteiger partial charge in [-0.05, 0) is 61.8 Å². The van der Waals surface area contributed by atoms with Gasteiger partial charge in [-0.2, -0.15) is 0 Å². The molecular formula is C34H68N2O12. The van der Waals surface area contributed by atoms with E-state index in [0.29, 0.717) is 6.54 Å². The van der Waals surface area contributed by atoms with Crippen molar-refractivity contribution in [2.75, 3.05) is 13.6 Å². The van der Waals surface area contributed by atoms with E-state index in [-0.39, 0.29) is 0 Å². The monoisotopic (exact) mass is 696 g/mol. The van der Waals surface area contributed by atoms with Gasteiger partial charge in [0.05, 0.1) is 0 Å². The van der Waals surface area contributed by atoms with Crippen LogP contribution in [0.3, 0.4) is 0 Å². The standard InChI is InChI=1S/C16H31NO6.C11H21NO6.C7H16/c1-6-7-8-9-10-17-12(18)11-13(2,19)14(3,20)15(4,21)16(5,22)23-11;1-8(14)6(7(13)12-5)18-11(4,17)10(3,16)9(8,2)15;1-3-5-7-6-4-2/h11,19-22H,6-10H2,1-5H3,(H,17,18);6,14-17H,1-5H3,(H,12,13);3-7H2,1-2H3/t11?,13-,14-,15?,16-;6?,8-,9-,10?,11-;/m11./s1. The Labute approximate surface area is 287 Å². The number of carbonyl (C=O) groups excluding carboxylic acids is 2. The first-order chi connectivity index (χ1) is 21.6. The lowest BCUT2D eigenvalue weighted by atomic mass is 9.65. The summed E-state index contributed by atoms with van der Waals surface area (Å²) < 4.78 is 10.3. The van der Waals surface area contributed by atoms with Gasteiger partial charge in [0.1, 0.15) is 33.6 Å². The summed E-state index contributed by atoms with van der Waals surface area (Å²) in [5.74, 6) is -5.75. The SMILES string of the molecule is CCCCCCC.CCCCCCNC(=O)C1O[C@@](C)(O)C(C)(O)[C@](C)(O)[C@]1(C)O.CNC(=O)C1O[C@@](C)(O)C(C)(O)[C@](C)(O)[C@]1(C)O. The summed E-state index contributed by atoms with van der Waals surface area (Å²) in [6, 6.07) is 0. The number of carbonyl (C=O) groups is 2. The molecule has 0 aromatic carbocycles. The average molecular weight is 697 g/mol. The molecule has 48 heavy (non-hydrogen) atoms. The van der Waals surface area contributed by atoms with Crippen LogP contribution in [-0.4, -0.2) is 124 Å². The molecule has 0 aromatic heterocycles. The van der Waals surface area contributed by atoms with E-state index in [1.165, 1.54) is 53.0 Å². The van der Waals surface area contributed by atoms with Gasteiger partial charge in [-0.1, -0.05) is 72.1 Å². The first-order valence-electron chi connectivity index (χ1n) is 17.2. The highest BCUT2D eigenvalue weighted by Crippen LogP contribution is 2.49. The molecule has 14 heteroatoms. The Morgan fingerprint density at radius 1 is 0.521 bits per heavy atom. The first kappa shape index (κ1) is 46.5. The van der Waals surface area contributed by atoms with E-state index in [1.54, 1.807) is 0 Å². The Morgan fingerprint density at radius 2 is 0.833 bits per heavy atom. The maximum absolute atomic E-state index is 12.3. The molecule has 2 aliphatic rings. The lowest BCUT2D eigenvalue weighted by Crippen LogP contribution is -2.82. The van der Waals surface area contributed by atoms with Crippen LogP contribution in [0.15, 0.2) is 0 Å². The second-order valence-electron chi connectivity index (χ2n) is 14.6. The van der Waals surface area contributed by atoms with Crippen molar-refractivity contribution in [3.63, 3.8) is 0 Å². The predicted molar refractivity (Wildman–Crippen MR) is 180 cm³/mol. The summed E-state index contributed by atoms with van der Waals surface area (Å²) in [6.07, 6.45) is 7.89. The van der Waals surface area contributed by atoms with Gasteiger partial charge in [-0.3, -0.25) is 9.59 Å². The first-order valence-corrected chi connectivity index (χ1v) is 17.2. The molecule has 0 aliphatic carbocycles. The van der Waals surface area contributed by atoms with Gasteiger partial charge in [-0.15, -0.1) is 0 Å². The lowest BCUT2D eigenvalue weighted by molar-refractivity contribution is -0.414. The molecule has 0 radical (unpaired) electrons.